The molecule has 2 aromatic rings. The molecule has 0 radical (unpaired) electrons. The first-order valence-electron chi connectivity index (χ1n) is 7.77. The number of thiophene rings is 1. The molecule has 0 unspecified atom stereocenters. The molecule has 24 heavy (non-hydrogen) atoms. The summed E-state index contributed by atoms with van der Waals surface area (Å²) in [6.45, 7) is 3.32. The van der Waals surface area contributed by atoms with E-state index in [0.717, 1.165) is 17.7 Å². The molecule has 130 valence electrons. The van der Waals surface area contributed by atoms with Gasteiger partial charge in [0.1, 0.15) is 11.5 Å². The number of hydrogen-bond donors (Lipinski definition) is 0. The zero-order chi connectivity index (χ0) is 17.2. The van der Waals surface area contributed by atoms with E-state index < -0.39 is 21.3 Å². The van der Waals surface area contributed by atoms with Gasteiger partial charge in [-0.1, -0.05) is 18.1 Å². The lowest BCUT2D eigenvalue weighted by Crippen LogP contribution is -2.42. The predicted molar refractivity (Wildman–Crippen MR) is 90.1 cm³/mol. The van der Waals surface area contributed by atoms with Crippen LogP contribution < -0.4 is 0 Å². The van der Waals surface area contributed by atoms with E-state index in [-0.39, 0.29) is 11.8 Å². The summed E-state index contributed by atoms with van der Waals surface area (Å²) in [5.74, 6) is -0.490. The molecule has 0 spiro atoms. The van der Waals surface area contributed by atoms with Crippen LogP contribution in [-0.4, -0.2) is 48.2 Å². The Labute approximate surface area is 144 Å². The van der Waals surface area contributed by atoms with Gasteiger partial charge in [0.2, 0.25) is 17.6 Å². The van der Waals surface area contributed by atoms with Crippen molar-refractivity contribution in [1.82, 2.24) is 15.0 Å². The molecule has 1 aliphatic rings. The maximum atomic E-state index is 12.3. The lowest BCUT2D eigenvalue weighted by molar-refractivity contribution is -0.130. The maximum absolute atomic E-state index is 12.3. The zero-order valence-corrected chi connectivity index (χ0v) is 15.0. The van der Waals surface area contributed by atoms with Gasteiger partial charge in [0.25, 0.3) is 0 Å². The van der Waals surface area contributed by atoms with Crippen LogP contribution in [0.3, 0.4) is 0 Å². The van der Waals surface area contributed by atoms with Crippen molar-refractivity contribution in [2.24, 2.45) is 5.92 Å². The predicted octanol–water partition coefficient (Wildman–Crippen LogP) is 1.97. The first kappa shape index (κ1) is 17.1. The Bertz CT molecular complexity index is 799. The Hall–Kier alpha value is -1.74. The molecule has 1 aliphatic heterocycles. The fraction of sp³-hybridized carbons (Fsp3) is 0.533. The second-order valence-corrected chi connectivity index (χ2v) is 9.12. The van der Waals surface area contributed by atoms with Crippen molar-refractivity contribution >= 4 is 27.1 Å². The fourth-order valence-corrected chi connectivity index (χ4v) is 4.56. The highest BCUT2D eigenvalue weighted by Crippen LogP contribution is 2.22. The number of rotatable bonds is 5. The number of nitrogens with zero attached hydrogens (tertiary/aromatic N) is 3. The lowest BCUT2D eigenvalue weighted by atomic mass is 10.0. The van der Waals surface area contributed by atoms with Crippen molar-refractivity contribution in [1.29, 1.82) is 0 Å². The van der Waals surface area contributed by atoms with Gasteiger partial charge in [-0.2, -0.15) is 4.98 Å². The van der Waals surface area contributed by atoms with Crippen molar-refractivity contribution in [3.63, 3.8) is 0 Å². The summed E-state index contributed by atoms with van der Waals surface area (Å²) in [4.78, 5) is 18.8. The van der Waals surface area contributed by atoms with Gasteiger partial charge in [0, 0.05) is 13.1 Å². The number of hydrogen-bond acceptors (Lipinski definition) is 7. The van der Waals surface area contributed by atoms with E-state index in [1.165, 1.54) is 11.3 Å². The van der Waals surface area contributed by atoms with Gasteiger partial charge in [0.05, 0.1) is 4.88 Å². The van der Waals surface area contributed by atoms with E-state index in [4.69, 9.17) is 4.52 Å². The Kier molecular flexibility index (Phi) is 5.00. The fourth-order valence-electron chi connectivity index (χ4n) is 2.75. The SMILES string of the molecule is C[C@H]1CCCN(C(=O)CS(=O)(=O)Cc2nc(-c3cccs3)no2)C1. The molecule has 9 heteroatoms. The van der Waals surface area contributed by atoms with E-state index in [0.29, 0.717) is 24.8 Å². The van der Waals surface area contributed by atoms with Crippen LogP contribution in [0, 0.1) is 5.92 Å². The van der Waals surface area contributed by atoms with Gasteiger partial charge < -0.3 is 9.42 Å². The van der Waals surface area contributed by atoms with Crippen LogP contribution in [-0.2, 0) is 20.4 Å². The molecule has 1 saturated heterocycles. The smallest absolute Gasteiger partial charge is 0.242 e. The summed E-state index contributed by atoms with van der Waals surface area (Å²) in [6, 6.07) is 3.68. The van der Waals surface area contributed by atoms with E-state index in [1.807, 2.05) is 17.5 Å². The standard InChI is InChI=1S/C15H19N3O4S2/c1-11-4-2-6-18(8-11)14(19)10-24(20,21)9-13-16-15(17-22-13)12-5-3-7-23-12/h3,5,7,11H,2,4,6,8-10H2,1H3/t11-/m0/s1. The van der Waals surface area contributed by atoms with Gasteiger partial charge >= 0.3 is 0 Å². The van der Waals surface area contributed by atoms with Crippen molar-refractivity contribution in [2.45, 2.75) is 25.5 Å². The number of carbonyl (C=O) groups is 1. The average Bonchev–Trinajstić information content (AvgIpc) is 3.17. The maximum Gasteiger partial charge on any atom is 0.242 e. The highest BCUT2D eigenvalue weighted by Gasteiger charge is 2.27. The molecule has 3 heterocycles. The topological polar surface area (TPSA) is 93.4 Å². The van der Waals surface area contributed by atoms with Crippen molar-refractivity contribution in [3.05, 3.63) is 23.4 Å². The van der Waals surface area contributed by atoms with Crippen LogP contribution in [0.2, 0.25) is 0 Å². The summed E-state index contributed by atoms with van der Waals surface area (Å²) >= 11 is 1.44. The van der Waals surface area contributed by atoms with Crippen molar-refractivity contribution in [3.8, 4) is 10.7 Å². The van der Waals surface area contributed by atoms with Gasteiger partial charge in [-0.05, 0) is 30.2 Å². The van der Waals surface area contributed by atoms with Gasteiger partial charge in [0.15, 0.2) is 9.84 Å². The molecule has 1 fully saturated rings. The molecular formula is C15H19N3O4S2. The number of amides is 1. The van der Waals surface area contributed by atoms with E-state index in [1.54, 1.807) is 4.90 Å². The molecule has 0 saturated carbocycles. The molecule has 1 amide bonds. The summed E-state index contributed by atoms with van der Waals surface area (Å²) in [7, 11) is -3.64. The quantitative estimate of drug-likeness (QED) is 0.800. The molecule has 3 rings (SSSR count). The zero-order valence-electron chi connectivity index (χ0n) is 13.3. The Morgan fingerprint density at radius 3 is 3.04 bits per heavy atom. The Balaban J connectivity index is 1.62. The largest absolute Gasteiger partial charge is 0.342 e. The summed E-state index contributed by atoms with van der Waals surface area (Å²) in [5, 5.41) is 5.66. The second-order valence-electron chi connectivity index (χ2n) is 6.11. The number of carbonyl (C=O) groups excluding carboxylic acids is 1. The molecule has 0 aliphatic carbocycles. The second kappa shape index (κ2) is 7.02. The first-order chi connectivity index (χ1) is 11.4. The number of sulfone groups is 1. The third-order valence-corrected chi connectivity index (χ3v) is 6.15. The van der Waals surface area contributed by atoms with Crippen molar-refractivity contribution < 1.29 is 17.7 Å². The third-order valence-electron chi connectivity index (χ3n) is 3.91. The van der Waals surface area contributed by atoms with Crippen LogP contribution in [0.1, 0.15) is 25.7 Å². The molecule has 1 atom stereocenters. The summed E-state index contributed by atoms with van der Waals surface area (Å²) in [6.07, 6.45) is 1.99. The number of likely N-dealkylation sites (tertiary alicyclic amines) is 1. The third kappa shape index (κ3) is 4.21. The molecule has 0 aromatic carbocycles. The van der Waals surface area contributed by atoms with E-state index in [9.17, 15) is 13.2 Å². The molecule has 7 nitrogen and oxygen atoms in total. The first-order valence-corrected chi connectivity index (χ1v) is 10.5. The average molecular weight is 369 g/mol. The normalized spacial score (nSPS) is 18.7. The van der Waals surface area contributed by atoms with Gasteiger partial charge in [-0.3, -0.25) is 4.79 Å². The number of piperidine rings is 1. The highest BCUT2D eigenvalue weighted by atomic mass is 32.2. The summed E-state index contributed by atoms with van der Waals surface area (Å²) in [5.41, 5.74) is 0. The molecular weight excluding hydrogens is 350 g/mol. The lowest BCUT2D eigenvalue weighted by Gasteiger charge is -2.30. The monoisotopic (exact) mass is 369 g/mol. The van der Waals surface area contributed by atoms with Gasteiger partial charge in [-0.25, -0.2) is 8.42 Å². The number of aromatic nitrogens is 2. The van der Waals surface area contributed by atoms with Crippen LogP contribution in [0.25, 0.3) is 10.7 Å². The molecule has 2 aromatic heterocycles. The Morgan fingerprint density at radius 2 is 2.33 bits per heavy atom. The minimum atomic E-state index is -3.64. The van der Waals surface area contributed by atoms with Crippen molar-refractivity contribution in [2.75, 3.05) is 18.8 Å². The minimum absolute atomic E-state index is 0.0122. The minimum Gasteiger partial charge on any atom is -0.342 e. The van der Waals surface area contributed by atoms with Gasteiger partial charge in [-0.15, -0.1) is 11.3 Å². The van der Waals surface area contributed by atoms with Crippen LogP contribution in [0.5, 0.6) is 0 Å². The van der Waals surface area contributed by atoms with Crippen LogP contribution >= 0.6 is 11.3 Å². The van der Waals surface area contributed by atoms with Crippen LogP contribution in [0.15, 0.2) is 22.0 Å². The molecule has 0 N–H and O–H groups in total. The van der Waals surface area contributed by atoms with Crippen LogP contribution in [0.4, 0.5) is 0 Å². The molecule has 0 bridgehead atoms. The van der Waals surface area contributed by atoms with E-state index in [2.05, 4.69) is 17.1 Å². The summed E-state index contributed by atoms with van der Waals surface area (Å²) < 4.78 is 29.5. The highest BCUT2D eigenvalue weighted by molar-refractivity contribution is 7.91. The van der Waals surface area contributed by atoms with E-state index >= 15 is 0 Å². The Morgan fingerprint density at radius 1 is 1.50 bits per heavy atom.